The van der Waals surface area contributed by atoms with Gasteiger partial charge in [0, 0.05) is 52.2 Å². The van der Waals surface area contributed by atoms with Gasteiger partial charge >= 0.3 is 0 Å². The second kappa shape index (κ2) is 10.4. The van der Waals surface area contributed by atoms with Crippen molar-refractivity contribution in [2.45, 2.75) is 43.9 Å². The molecular formula is C17H35IN4O3S. The van der Waals surface area contributed by atoms with Crippen LogP contribution in [0.4, 0.5) is 0 Å². The molecule has 2 rings (SSSR count). The van der Waals surface area contributed by atoms with Crippen LogP contribution in [-0.4, -0.2) is 94.2 Å². The summed E-state index contributed by atoms with van der Waals surface area (Å²) in [7, 11) is -1.40. The van der Waals surface area contributed by atoms with E-state index < -0.39 is 14.6 Å². The van der Waals surface area contributed by atoms with Crippen molar-refractivity contribution in [3.63, 3.8) is 0 Å². The number of hydrogen-bond acceptors (Lipinski definition) is 5. The van der Waals surface area contributed by atoms with Gasteiger partial charge in [0.15, 0.2) is 15.8 Å². The van der Waals surface area contributed by atoms with E-state index >= 15 is 0 Å². The highest BCUT2D eigenvalue weighted by Crippen LogP contribution is 2.28. The summed E-state index contributed by atoms with van der Waals surface area (Å²) in [5.74, 6) is 0.809. The van der Waals surface area contributed by atoms with Gasteiger partial charge in [-0.15, -0.1) is 24.0 Å². The number of guanidine groups is 1. The highest BCUT2D eigenvalue weighted by Gasteiger charge is 2.42. The molecule has 2 heterocycles. The summed E-state index contributed by atoms with van der Waals surface area (Å²) in [5.41, 5.74) is 0. The van der Waals surface area contributed by atoms with Crippen LogP contribution in [0, 0.1) is 0 Å². The topological polar surface area (TPSA) is 74.2 Å². The van der Waals surface area contributed by atoms with Gasteiger partial charge in [0.05, 0.1) is 4.75 Å². The Morgan fingerprint density at radius 3 is 2.42 bits per heavy atom. The average Bonchev–Trinajstić information content (AvgIpc) is 3.06. The molecule has 7 nitrogen and oxygen atoms in total. The zero-order valence-corrected chi connectivity index (χ0v) is 19.7. The Bertz CT molecular complexity index is 560. The first-order chi connectivity index (χ1) is 11.9. The first-order valence-corrected chi connectivity index (χ1v) is 11.2. The fourth-order valence-corrected chi connectivity index (χ4v) is 5.21. The van der Waals surface area contributed by atoms with Crippen LogP contribution < -0.4 is 5.32 Å². The van der Waals surface area contributed by atoms with Crippen LogP contribution in [0.3, 0.4) is 0 Å². The lowest BCUT2D eigenvalue weighted by Gasteiger charge is -2.36. The molecule has 26 heavy (non-hydrogen) atoms. The maximum absolute atomic E-state index is 12.4. The van der Waals surface area contributed by atoms with Crippen molar-refractivity contribution >= 4 is 39.8 Å². The molecule has 9 heteroatoms. The summed E-state index contributed by atoms with van der Waals surface area (Å²) in [6, 6.07) is 0.542. The van der Waals surface area contributed by atoms with Gasteiger partial charge in [0.1, 0.15) is 0 Å². The largest absolute Gasteiger partial charge is 0.381 e. The van der Waals surface area contributed by atoms with E-state index in [1.807, 2.05) is 0 Å². The van der Waals surface area contributed by atoms with Gasteiger partial charge in [-0.25, -0.2) is 8.42 Å². The lowest BCUT2D eigenvalue weighted by molar-refractivity contribution is 0.0754. The standard InChI is InChI=1S/C17H34N4O3S.HI/c1-5-20(6-2)15-7-10-21(13-15)16(18-3)19-14-17(25(4,22)23)8-11-24-12-9-17;/h15H,5-14H2,1-4H3,(H,18,19);1H. The molecule has 1 N–H and O–H groups in total. The molecule has 0 radical (unpaired) electrons. The molecule has 1 unspecified atom stereocenters. The number of hydrogen-bond donors (Lipinski definition) is 1. The van der Waals surface area contributed by atoms with E-state index in [2.05, 4.69) is 34.0 Å². The van der Waals surface area contributed by atoms with E-state index in [0.29, 0.717) is 38.6 Å². The van der Waals surface area contributed by atoms with E-state index in [1.54, 1.807) is 7.05 Å². The van der Waals surface area contributed by atoms with E-state index in [-0.39, 0.29) is 24.0 Å². The predicted octanol–water partition coefficient (Wildman–Crippen LogP) is 1.19. The van der Waals surface area contributed by atoms with Crippen LogP contribution in [-0.2, 0) is 14.6 Å². The number of rotatable bonds is 6. The van der Waals surface area contributed by atoms with Crippen molar-refractivity contribution < 1.29 is 13.2 Å². The molecule has 0 amide bonds. The maximum atomic E-state index is 12.4. The van der Waals surface area contributed by atoms with E-state index in [1.165, 1.54) is 6.26 Å². The number of nitrogens with zero attached hydrogens (tertiary/aromatic N) is 3. The van der Waals surface area contributed by atoms with Gasteiger partial charge in [-0.3, -0.25) is 9.89 Å². The lowest BCUT2D eigenvalue weighted by Crippen LogP contribution is -2.54. The summed E-state index contributed by atoms with van der Waals surface area (Å²) >= 11 is 0. The maximum Gasteiger partial charge on any atom is 0.193 e. The van der Waals surface area contributed by atoms with Gasteiger partial charge in [-0.1, -0.05) is 13.8 Å². The highest BCUT2D eigenvalue weighted by atomic mass is 127. The smallest absolute Gasteiger partial charge is 0.193 e. The number of ether oxygens (including phenoxy) is 1. The van der Waals surface area contributed by atoms with Crippen LogP contribution in [0.15, 0.2) is 4.99 Å². The third-order valence-corrected chi connectivity index (χ3v) is 7.89. The zero-order valence-electron chi connectivity index (χ0n) is 16.5. The molecule has 0 aliphatic carbocycles. The molecule has 2 aliphatic rings. The first kappa shape index (κ1) is 23.9. The summed E-state index contributed by atoms with van der Waals surface area (Å²) in [4.78, 5) is 9.12. The fraction of sp³-hybridized carbons (Fsp3) is 0.941. The molecule has 2 aliphatic heterocycles. The minimum atomic E-state index is -3.17. The van der Waals surface area contributed by atoms with Crippen LogP contribution >= 0.6 is 24.0 Å². The Balaban J connectivity index is 0.00000338. The Hall–Kier alpha value is -0.130. The van der Waals surface area contributed by atoms with E-state index in [0.717, 1.165) is 38.6 Å². The van der Waals surface area contributed by atoms with Gasteiger partial charge < -0.3 is 15.0 Å². The normalized spacial score (nSPS) is 23.8. The monoisotopic (exact) mass is 502 g/mol. The highest BCUT2D eigenvalue weighted by molar-refractivity contribution is 14.0. The number of likely N-dealkylation sites (tertiary alicyclic amines) is 1. The fourth-order valence-electron chi connectivity index (χ4n) is 3.97. The molecule has 0 aromatic carbocycles. The van der Waals surface area contributed by atoms with Crippen molar-refractivity contribution in [3.05, 3.63) is 0 Å². The lowest BCUT2D eigenvalue weighted by atomic mass is 9.99. The second-order valence-corrected chi connectivity index (χ2v) is 9.49. The average molecular weight is 502 g/mol. The van der Waals surface area contributed by atoms with Crippen LogP contribution in [0.2, 0.25) is 0 Å². The summed E-state index contributed by atoms with van der Waals surface area (Å²) in [6.07, 6.45) is 3.54. The van der Waals surface area contributed by atoms with Crippen molar-refractivity contribution in [1.29, 1.82) is 0 Å². The Morgan fingerprint density at radius 2 is 1.92 bits per heavy atom. The molecule has 0 bridgehead atoms. The van der Waals surface area contributed by atoms with Gasteiger partial charge in [0.25, 0.3) is 0 Å². The van der Waals surface area contributed by atoms with Crippen LogP contribution in [0.5, 0.6) is 0 Å². The zero-order chi connectivity index (χ0) is 18.5. The second-order valence-electron chi connectivity index (χ2n) is 7.08. The molecule has 1 atom stereocenters. The van der Waals surface area contributed by atoms with Gasteiger partial charge in [-0.2, -0.15) is 0 Å². The number of halogens is 1. The number of nitrogens with one attached hydrogen (secondary N) is 1. The first-order valence-electron chi connectivity index (χ1n) is 9.34. The molecule has 0 saturated carbocycles. The summed E-state index contributed by atoms with van der Waals surface area (Å²) in [5, 5.41) is 3.35. The Kier molecular flexibility index (Phi) is 9.59. The quantitative estimate of drug-likeness (QED) is 0.334. The van der Waals surface area contributed by atoms with Crippen molar-refractivity contribution in [3.8, 4) is 0 Å². The summed E-state index contributed by atoms with van der Waals surface area (Å²) < 4.78 is 29.4. The number of aliphatic imine (C=N–C) groups is 1. The Labute approximate surface area is 175 Å². The Morgan fingerprint density at radius 1 is 1.31 bits per heavy atom. The molecule has 0 spiro atoms. The van der Waals surface area contributed by atoms with E-state index in [9.17, 15) is 8.42 Å². The number of sulfone groups is 1. The summed E-state index contributed by atoms with van der Waals surface area (Å²) in [6.45, 7) is 9.79. The predicted molar refractivity (Wildman–Crippen MR) is 117 cm³/mol. The third kappa shape index (κ3) is 5.45. The van der Waals surface area contributed by atoms with Crippen LogP contribution in [0.1, 0.15) is 33.1 Å². The van der Waals surface area contributed by atoms with Crippen molar-refractivity contribution in [2.75, 3.05) is 59.2 Å². The van der Waals surface area contributed by atoms with Crippen molar-refractivity contribution in [1.82, 2.24) is 15.1 Å². The molecule has 0 aromatic rings. The van der Waals surface area contributed by atoms with Gasteiger partial charge in [0.2, 0.25) is 0 Å². The van der Waals surface area contributed by atoms with Crippen LogP contribution in [0.25, 0.3) is 0 Å². The molecule has 2 saturated heterocycles. The molecule has 0 aromatic heterocycles. The minimum Gasteiger partial charge on any atom is -0.381 e. The van der Waals surface area contributed by atoms with E-state index in [4.69, 9.17) is 4.74 Å². The van der Waals surface area contributed by atoms with Crippen molar-refractivity contribution in [2.24, 2.45) is 4.99 Å². The van der Waals surface area contributed by atoms with Gasteiger partial charge in [-0.05, 0) is 32.4 Å². The number of likely N-dealkylation sites (N-methyl/N-ethyl adjacent to an activating group) is 1. The minimum absolute atomic E-state index is 0. The molecule has 2 fully saturated rings. The molecular weight excluding hydrogens is 467 g/mol. The molecule has 154 valence electrons. The SMILES string of the molecule is CCN(CC)C1CCN(C(=NC)NCC2(S(C)(=O)=O)CCOCC2)C1.I. The third-order valence-electron chi connectivity index (χ3n) is 5.76.